The summed E-state index contributed by atoms with van der Waals surface area (Å²) in [5, 5.41) is 9.00. The highest BCUT2D eigenvalue weighted by Crippen LogP contribution is 2.23. The number of hydrogen-bond donors (Lipinski definition) is 1. The molecule has 0 spiro atoms. The lowest BCUT2D eigenvalue weighted by molar-refractivity contribution is -0.139. The lowest BCUT2D eigenvalue weighted by Crippen LogP contribution is -2.40. The first kappa shape index (κ1) is 15.3. The average molecular weight is 342 g/mol. The van der Waals surface area contributed by atoms with E-state index in [-0.39, 0.29) is 6.54 Å². The van der Waals surface area contributed by atoms with Gasteiger partial charge in [-0.25, -0.2) is 0 Å². The fourth-order valence-electron chi connectivity index (χ4n) is 2.65. The fraction of sp³-hybridized carbons (Fsp3) is 0.533. The van der Waals surface area contributed by atoms with Crippen molar-refractivity contribution < 1.29 is 14.6 Å². The molecule has 0 saturated heterocycles. The Morgan fingerprint density at radius 1 is 1.30 bits per heavy atom. The van der Waals surface area contributed by atoms with E-state index in [9.17, 15) is 4.79 Å². The van der Waals surface area contributed by atoms with Gasteiger partial charge in [0.2, 0.25) is 0 Å². The molecule has 1 aliphatic carbocycles. The van der Waals surface area contributed by atoms with Crippen molar-refractivity contribution in [2.24, 2.45) is 0 Å². The van der Waals surface area contributed by atoms with Crippen molar-refractivity contribution in [1.29, 1.82) is 0 Å². The highest BCUT2D eigenvalue weighted by Gasteiger charge is 2.23. The third-order valence-corrected chi connectivity index (χ3v) is 4.17. The largest absolute Gasteiger partial charge is 0.492 e. The van der Waals surface area contributed by atoms with Gasteiger partial charge in [-0.3, -0.25) is 9.69 Å². The van der Waals surface area contributed by atoms with E-state index >= 15 is 0 Å². The lowest BCUT2D eigenvalue weighted by atomic mass is 10.2. The van der Waals surface area contributed by atoms with E-state index in [1.165, 1.54) is 12.8 Å². The van der Waals surface area contributed by atoms with Gasteiger partial charge in [0, 0.05) is 17.1 Å². The number of nitrogens with zero attached hydrogens (tertiary/aromatic N) is 1. The van der Waals surface area contributed by atoms with Crippen LogP contribution >= 0.6 is 15.9 Å². The van der Waals surface area contributed by atoms with E-state index in [0.717, 1.165) is 23.1 Å². The number of hydrogen-bond acceptors (Lipinski definition) is 3. The third kappa shape index (κ3) is 4.80. The van der Waals surface area contributed by atoms with Gasteiger partial charge in [0.15, 0.2) is 0 Å². The minimum atomic E-state index is -0.763. The second-order valence-electron chi connectivity index (χ2n) is 5.10. The molecule has 0 heterocycles. The second kappa shape index (κ2) is 7.64. The standard InChI is InChI=1S/C15H20BrNO3/c16-12-5-7-14(8-6-12)20-10-9-17(11-15(18)19)13-3-1-2-4-13/h5-8,13H,1-4,9-11H2,(H,18,19). The highest BCUT2D eigenvalue weighted by molar-refractivity contribution is 9.10. The Morgan fingerprint density at radius 3 is 2.55 bits per heavy atom. The van der Waals surface area contributed by atoms with Gasteiger partial charge in [-0.15, -0.1) is 0 Å². The van der Waals surface area contributed by atoms with Crippen molar-refractivity contribution in [2.45, 2.75) is 31.7 Å². The zero-order valence-electron chi connectivity index (χ0n) is 11.4. The average Bonchev–Trinajstić information content (AvgIpc) is 2.93. The van der Waals surface area contributed by atoms with Crippen LogP contribution in [0.5, 0.6) is 5.75 Å². The monoisotopic (exact) mass is 341 g/mol. The zero-order valence-corrected chi connectivity index (χ0v) is 13.0. The Balaban J connectivity index is 1.81. The van der Waals surface area contributed by atoms with E-state index < -0.39 is 5.97 Å². The van der Waals surface area contributed by atoms with Crippen LogP contribution in [0.2, 0.25) is 0 Å². The summed E-state index contributed by atoms with van der Waals surface area (Å²) < 4.78 is 6.69. The summed E-state index contributed by atoms with van der Waals surface area (Å²) in [5.74, 6) is 0.0513. The van der Waals surface area contributed by atoms with Gasteiger partial charge >= 0.3 is 5.97 Å². The molecule has 0 bridgehead atoms. The van der Waals surface area contributed by atoms with Crippen LogP contribution in [-0.2, 0) is 4.79 Å². The number of carbonyl (C=O) groups is 1. The molecule has 1 aromatic carbocycles. The number of halogens is 1. The maximum Gasteiger partial charge on any atom is 0.317 e. The molecule has 1 N–H and O–H groups in total. The molecule has 2 rings (SSSR count). The number of benzene rings is 1. The van der Waals surface area contributed by atoms with Crippen molar-refractivity contribution >= 4 is 21.9 Å². The molecule has 1 fully saturated rings. The summed E-state index contributed by atoms with van der Waals surface area (Å²) in [6.45, 7) is 1.28. The first-order valence-electron chi connectivity index (χ1n) is 6.99. The lowest BCUT2D eigenvalue weighted by Gasteiger charge is -2.26. The Morgan fingerprint density at radius 2 is 1.95 bits per heavy atom. The van der Waals surface area contributed by atoms with Gasteiger partial charge < -0.3 is 9.84 Å². The molecule has 1 aliphatic rings. The van der Waals surface area contributed by atoms with E-state index in [1.807, 2.05) is 29.2 Å². The molecular formula is C15H20BrNO3. The fourth-order valence-corrected chi connectivity index (χ4v) is 2.91. The predicted octanol–water partition coefficient (Wildman–Crippen LogP) is 3.16. The van der Waals surface area contributed by atoms with Crippen LogP contribution in [0.25, 0.3) is 0 Å². The minimum Gasteiger partial charge on any atom is -0.492 e. The summed E-state index contributed by atoms with van der Waals surface area (Å²) in [6.07, 6.45) is 4.61. The van der Waals surface area contributed by atoms with E-state index in [4.69, 9.17) is 9.84 Å². The first-order valence-corrected chi connectivity index (χ1v) is 7.78. The molecule has 0 radical (unpaired) electrons. The number of aliphatic carboxylic acids is 1. The van der Waals surface area contributed by atoms with Crippen LogP contribution in [0.15, 0.2) is 28.7 Å². The van der Waals surface area contributed by atoms with Crippen LogP contribution in [-0.4, -0.2) is 41.7 Å². The maximum absolute atomic E-state index is 10.9. The summed E-state index contributed by atoms with van der Waals surface area (Å²) in [7, 11) is 0. The van der Waals surface area contributed by atoms with Crippen LogP contribution in [0.4, 0.5) is 0 Å². The normalized spacial score (nSPS) is 15.7. The molecule has 0 amide bonds. The number of carboxylic acids is 1. The van der Waals surface area contributed by atoms with Crippen molar-refractivity contribution in [3.8, 4) is 5.75 Å². The van der Waals surface area contributed by atoms with Crippen LogP contribution in [0.3, 0.4) is 0 Å². The van der Waals surface area contributed by atoms with Crippen LogP contribution in [0, 0.1) is 0 Å². The number of rotatable bonds is 7. The van der Waals surface area contributed by atoms with Crippen molar-refractivity contribution in [2.75, 3.05) is 19.7 Å². The van der Waals surface area contributed by atoms with E-state index in [1.54, 1.807) is 0 Å². The van der Waals surface area contributed by atoms with Gasteiger partial charge in [-0.2, -0.15) is 0 Å². The Bertz CT molecular complexity index is 429. The molecule has 110 valence electrons. The van der Waals surface area contributed by atoms with Gasteiger partial charge in [0.1, 0.15) is 12.4 Å². The molecule has 0 aliphatic heterocycles. The molecular weight excluding hydrogens is 322 g/mol. The minimum absolute atomic E-state index is 0.106. The van der Waals surface area contributed by atoms with E-state index in [2.05, 4.69) is 15.9 Å². The van der Waals surface area contributed by atoms with Crippen molar-refractivity contribution in [1.82, 2.24) is 4.90 Å². The molecule has 0 unspecified atom stereocenters. The van der Waals surface area contributed by atoms with E-state index in [0.29, 0.717) is 19.2 Å². The number of ether oxygens (including phenoxy) is 1. The Kier molecular flexibility index (Phi) is 5.86. The molecule has 20 heavy (non-hydrogen) atoms. The smallest absolute Gasteiger partial charge is 0.317 e. The molecule has 5 heteroatoms. The third-order valence-electron chi connectivity index (χ3n) is 3.64. The van der Waals surface area contributed by atoms with Gasteiger partial charge in [-0.1, -0.05) is 28.8 Å². The molecule has 1 aromatic rings. The van der Waals surface area contributed by atoms with Crippen LogP contribution < -0.4 is 4.74 Å². The molecule has 4 nitrogen and oxygen atoms in total. The van der Waals surface area contributed by atoms with Gasteiger partial charge in [-0.05, 0) is 37.1 Å². The summed E-state index contributed by atoms with van der Waals surface area (Å²) in [6, 6.07) is 8.07. The molecule has 0 atom stereocenters. The van der Waals surface area contributed by atoms with Crippen LogP contribution in [0.1, 0.15) is 25.7 Å². The maximum atomic E-state index is 10.9. The SMILES string of the molecule is O=C(O)CN(CCOc1ccc(Br)cc1)C1CCCC1. The Labute approximate surface area is 127 Å². The Hall–Kier alpha value is -1.07. The first-order chi connectivity index (χ1) is 9.65. The highest BCUT2D eigenvalue weighted by atomic mass is 79.9. The number of carboxylic acid groups (broad SMARTS) is 1. The molecule has 0 aromatic heterocycles. The topological polar surface area (TPSA) is 49.8 Å². The second-order valence-corrected chi connectivity index (χ2v) is 6.02. The van der Waals surface area contributed by atoms with Crippen molar-refractivity contribution in [3.05, 3.63) is 28.7 Å². The van der Waals surface area contributed by atoms with Crippen molar-refractivity contribution in [3.63, 3.8) is 0 Å². The predicted molar refractivity (Wildman–Crippen MR) is 81.1 cm³/mol. The quantitative estimate of drug-likeness (QED) is 0.827. The summed E-state index contributed by atoms with van der Waals surface area (Å²) in [5.41, 5.74) is 0. The summed E-state index contributed by atoms with van der Waals surface area (Å²) >= 11 is 3.38. The summed E-state index contributed by atoms with van der Waals surface area (Å²) in [4.78, 5) is 13.0. The van der Waals surface area contributed by atoms with Gasteiger partial charge in [0.05, 0.1) is 6.54 Å². The zero-order chi connectivity index (χ0) is 14.4. The molecule has 1 saturated carbocycles. The van der Waals surface area contributed by atoms with Gasteiger partial charge in [0.25, 0.3) is 0 Å².